The van der Waals surface area contributed by atoms with Crippen molar-refractivity contribution in [3.05, 3.63) is 40.9 Å². The van der Waals surface area contributed by atoms with E-state index in [4.69, 9.17) is 9.26 Å². The number of rotatable bonds is 5. The highest BCUT2D eigenvalue weighted by molar-refractivity contribution is 14.0. The zero-order valence-electron chi connectivity index (χ0n) is 13.7. The third-order valence-corrected chi connectivity index (χ3v) is 3.31. The van der Waals surface area contributed by atoms with E-state index >= 15 is 0 Å². The number of aryl methyl sites for hydroxylation is 2. The largest absolute Gasteiger partial charge is 0.481 e. The Labute approximate surface area is 152 Å². The number of aromatic nitrogens is 2. The number of ether oxygens (including phenoxy) is 1. The van der Waals surface area contributed by atoms with Crippen LogP contribution in [0.5, 0.6) is 5.88 Å². The molecule has 0 unspecified atom stereocenters. The topological polar surface area (TPSA) is 84.6 Å². The number of hydrogen-bond acceptors (Lipinski definition) is 5. The molecule has 2 aromatic rings. The van der Waals surface area contributed by atoms with Gasteiger partial charge in [-0.25, -0.2) is 4.98 Å². The van der Waals surface area contributed by atoms with Crippen LogP contribution in [0.1, 0.15) is 22.6 Å². The van der Waals surface area contributed by atoms with E-state index < -0.39 is 0 Å². The molecule has 0 atom stereocenters. The van der Waals surface area contributed by atoms with Crippen LogP contribution in [-0.2, 0) is 13.1 Å². The van der Waals surface area contributed by atoms with Gasteiger partial charge in [-0.1, -0.05) is 5.16 Å². The fraction of sp³-hybridized carbons (Fsp3) is 0.400. The van der Waals surface area contributed by atoms with E-state index in [0.717, 1.165) is 22.6 Å². The maximum atomic E-state index is 5.14. The number of nitrogens with zero attached hydrogens (tertiary/aromatic N) is 3. The SMILES string of the molecule is CN=C(NCc1ccnc(OC)c1)NCc1c(C)noc1C.I. The molecule has 8 heteroatoms. The first-order valence-corrected chi connectivity index (χ1v) is 6.99. The van der Waals surface area contributed by atoms with Crippen molar-refractivity contribution in [2.24, 2.45) is 4.99 Å². The minimum atomic E-state index is 0. The number of nitrogens with one attached hydrogen (secondary N) is 2. The highest BCUT2D eigenvalue weighted by Gasteiger charge is 2.09. The predicted molar refractivity (Wildman–Crippen MR) is 99.2 cm³/mol. The van der Waals surface area contributed by atoms with Crippen LogP contribution in [0, 0.1) is 13.8 Å². The molecule has 0 saturated heterocycles. The maximum Gasteiger partial charge on any atom is 0.213 e. The standard InChI is InChI=1S/C15H21N5O2.HI/c1-10-13(11(2)22-20-10)9-19-15(16-3)18-8-12-5-6-17-14(7-12)21-4;/h5-7H,8-9H2,1-4H3,(H2,16,18,19);1H. The van der Waals surface area contributed by atoms with E-state index in [0.29, 0.717) is 24.9 Å². The van der Waals surface area contributed by atoms with Crippen molar-refractivity contribution in [2.75, 3.05) is 14.2 Å². The summed E-state index contributed by atoms with van der Waals surface area (Å²) in [6.45, 7) is 5.06. The lowest BCUT2D eigenvalue weighted by molar-refractivity contribution is 0.392. The van der Waals surface area contributed by atoms with Crippen molar-refractivity contribution in [1.29, 1.82) is 0 Å². The molecule has 2 N–H and O–H groups in total. The molecule has 0 bridgehead atoms. The van der Waals surface area contributed by atoms with Gasteiger partial charge in [0, 0.05) is 38.0 Å². The normalized spacial score (nSPS) is 10.9. The fourth-order valence-corrected chi connectivity index (χ4v) is 2.00. The quantitative estimate of drug-likeness (QED) is 0.429. The summed E-state index contributed by atoms with van der Waals surface area (Å²) in [6.07, 6.45) is 1.72. The highest BCUT2D eigenvalue weighted by Crippen LogP contribution is 2.11. The zero-order chi connectivity index (χ0) is 15.9. The Morgan fingerprint density at radius 2 is 2.04 bits per heavy atom. The second-order valence-corrected chi connectivity index (χ2v) is 4.79. The maximum absolute atomic E-state index is 5.14. The molecule has 23 heavy (non-hydrogen) atoms. The Kier molecular flexibility index (Phi) is 7.79. The van der Waals surface area contributed by atoms with E-state index in [1.54, 1.807) is 20.4 Å². The molecule has 0 aliphatic rings. The molecule has 7 nitrogen and oxygen atoms in total. The summed E-state index contributed by atoms with van der Waals surface area (Å²) >= 11 is 0. The molecule has 0 radical (unpaired) electrons. The second-order valence-electron chi connectivity index (χ2n) is 4.79. The Bertz CT molecular complexity index is 638. The summed E-state index contributed by atoms with van der Waals surface area (Å²) in [5.41, 5.74) is 3.00. The molecule has 2 rings (SSSR count). The molecule has 0 spiro atoms. The van der Waals surface area contributed by atoms with Gasteiger partial charge in [0.2, 0.25) is 5.88 Å². The Morgan fingerprint density at radius 1 is 1.30 bits per heavy atom. The Hall–Kier alpha value is -1.84. The molecule has 0 saturated carbocycles. The van der Waals surface area contributed by atoms with Gasteiger partial charge in [0.25, 0.3) is 0 Å². The van der Waals surface area contributed by atoms with Gasteiger partial charge in [0.15, 0.2) is 5.96 Å². The second kappa shape index (κ2) is 9.33. The number of halogens is 1. The molecule has 0 fully saturated rings. The van der Waals surface area contributed by atoms with Crippen LogP contribution in [0.15, 0.2) is 27.8 Å². The summed E-state index contributed by atoms with van der Waals surface area (Å²) in [6, 6.07) is 3.81. The number of methoxy groups -OCH3 is 1. The van der Waals surface area contributed by atoms with Gasteiger partial charge in [-0.05, 0) is 25.5 Å². The third kappa shape index (κ3) is 5.38. The van der Waals surface area contributed by atoms with Crippen molar-refractivity contribution in [3.8, 4) is 5.88 Å². The van der Waals surface area contributed by atoms with Crippen LogP contribution >= 0.6 is 24.0 Å². The molecule has 0 aromatic carbocycles. The van der Waals surface area contributed by atoms with Crippen molar-refractivity contribution < 1.29 is 9.26 Å². The van der Waals surface area contributed by atoms with Crippen molar-refractivity contribution >= 4 is 29.9 Å². The van der Waals surface area contributed by atoms with Gasteiger partial charge in [0.1, 0.15) is 5.76 Å². The van der Waals surface area contributed by atoms with Gasteiger partial charge >= 0.3 is 0 Å². The van der Waals surface area contributed by atoms with E-state index in [-0.39, 0.29) is 24.0 Å². The average Bonchev–Trinajstić information content (AvgIpc) is 2.86. The minimum absolute atomic E-state index is 0. The summed E-state index contributed by atoms with van der Waals surface area (Å²) < 4.78 is 10.3. The zero-order valence-corrected chi connectivity index (χ0v) is 16.0. The molecular weight excluding hydrogens is 409 g/mol. The van der Waals surface area contributed by atoms with E-state index in [9.17, 15) is 0 Å². The summed E-state index contributed by atoms with van der Waals surface area (Å²) in [4.78, 5) is 8.28. The monoisotopic (exact) mass is 431 g/mol. The van der Waals surface area contributed by atoms with Crippen LogP contribution in [0.2, 0.25) is 0 Å². The van der Waals surface area contributed by atoms with E-state index in [2.05, 4.69) is 25.8 Å². The first kappa shape index (κ1) is 19.2. The Balaban J connectivity index is 0.00000264. The van der Waals surface area contributed by atoms with Crippen LogP contribution in [0.4, 0.5) is 0 Å². The number of aliphatic imine (C=N–C) groups is 1. The van der Waals surface area contributed by atoms with Crippen LogP contribution in [-0.4, -0.2) is 30.3 Å². The number of pyridine rings is 1. The van der Waals surface area contributed by atoms with Gasteiger partial charge in [-0.15, -0.1) is 24.0 Å². The Morgan fingerprint density at radius 3 is 2.65 bits per heavy atom. The summed E-state index contributed by atoms with van der Waals surface area (Å²) in [5, 5.41) is 10.4. The predicted octanol–water partition coefficient (Wildman–Crippen LogP) is 2.18. The summed E-state index contributed by atoms with van der Waals surface area (Å²) in [7, 11) is 3.33. The van der Waals surface area contributed by atoms with Crippen LogP contribution in [0.3, 0.4) is 0 Å². The first-order chi connectivity index (χ1) is 10.6. The van der Waals surface area contributed by atoms with E-state index in [1.807, 2.05) is 26.0 Å². The van der Waals surface area contributed by atoms with E-state index in [1.165, 1.54) is 0 Å². The van der Waals surface area contributed by atoms with Gasteiger partial charge in [0.05, 0.1) is 12.8 Å². The lowest BCUT2D eigenvalue weighted by atomic mass is 10.2. The molecular formula is C15H22IN5O2. The molecule has 0 aliphatic carbocycles. The number of hydrogen-bond donors (Lipinski definition) is 2. The first-order valence-electron chi connectivity index (χ1n) is 6.99. The smallest absolute Gasteiger partial charge is 0.213 e. The lowest BCUT2D eigenvalue weighted by Crippen LogP contribution is -2.36. The van der Waals surface area contributed by atoms with Crippen LogP contribution in [0.25, 0.3) is 0 Å². The number of guanidine groups is 1. The van der Waals surface area contributed by atoms with Gasteiger partial charge in [-0.2, -0.15) is 0 Å². The van der Waals surface area contributed by atoms with Gasteiger partial charge < -0.3 is 19.9 Å². The molecule has 0 aliphatic heterocycles. The molecule has 0 amide bonds. The van der Waals surface area contributed by atoms with Gasteiger partial charge in [-0.3, -0.25) is 4.99 Å². The molecule has 2 heterocycles. The fourth-order valence-electron chi connectivity index (χ4n) is 2.00. The molecule has 126 valence electrons. The van der Waals surface area contributed by atoms with Crippen molar-refractivity contribution in [2.45, 2.75) is 26.9 Å². The van der Waals surface area contributed by atoms with Crippen molar-refractivity contribution in [1.82, 2.24) is 20.8 Å². The summed E-state index contributed by atoms with van der Waals surface area (Å²) in [5.74, 6) is 2.12. The average molecular weight is 431 g/mol. The third-order valence-electron chi connectivity index (χ3n) is 3.31. The van der Waals surface area contributed by atoms with Crippen molar-refractivity contribution in [3.63, 3.8) is 0 Å². The lowest BCUT2D eigenvalue weighted by Gasteiger charge is -2.12. The minimum Gasteiger partial charge on any atom is -0.481 e. The molecule has 2 aromatic heterocycles. The van der Waals surface area contributed by atoms with Crippen LogP contribution < -0.4 is 15.4 Å². The highest BCUT2D eigenvalue weighted by atomic mass is 127.